The second kappa shape index (κ2) is 12.5. The van der Waals surface area contributed by atoms with Gasteiger partial charge in [-0.25, -0.2) is 4.98 Å². The smallest absolute Gasteiger partial charge is 0.241 e. The van der Waals surface area contributed by atoms with Crippen molar-refractivity contribution in [2.24, 2.45) is 11.3 Å². The van der Waals surface area contributed by atoms with Crippen LogP contribution >= 0.6 is 11.3 Å². The molecular weight excluding hydrogens is 582 g/mol. The number of hydrogen-bond donors (Lipinski definition) is 0. The predicted molar refractivity (Wildman–Crippen MR) is 165 cm³/mol. The molecule has 1 saturated heterocycles. The summed E-state index contributed by atoms with van der Waals surface area (Å²) in [6.45, 7) is 3.28. The molecule has 0 bridgehead atoms. The van der Waals surface area contributed by atoms with Crippen molar-refractivity contribution < 1.29 is 33.0 Å². The molecule has 44 heavy (non-hydrogen) atoms. The summed E-state index contributed by atoms with van der Waals surface area (Å²) in [6, 6.07) is 7.68. The van der Waals surface area contributed by atoms with Gasteiger partial charge in [0.1, 0.15) is 28.5 Å². The molecule has 3 aliphatic rings. The molecule has 1 saturated carbocycles. The number of carbonyl (C=O) groups excluding carboxylic acids is 3. The van der Waals surface area contributed by atoms with Crippen LogP contribution in [0.4, 0.5) is 5.00 Å². The van der Waals surface area contributed by atoms with Crippen LogP contribution in [0.15, 0.2) is 41.1 Å². The number of fused-ring (bicyclic) bond motifs is 1. The minimum Gasteiger partial charge on any atom is -0.496 e. The van der Waals surface area contributed by atoms with E-state index in [0.29, 0.717) is 59.6 Å². The van der Waals surface area contributed by atoms with Crippen LogP contribution in [0, 0.1) is 18.3 Å². The third-order valence-corrected chi connectivity index (χ3v) is 10.5. The van der Waals surface area contributed by atoms with Gasteiger partial charge in [-0.05, 0) is 50.7 Å². The predicted octanol–water partition coefficient (Wildman–Crippen LogP) is 5.45. The Labute approximate surface area is 261 Å². The van der Waals surface area contributed by atoms with E-state index in [-0.39, 0.29) is 36.7 Å². The standard InChI is InChI=1S/C33H39N3O7S/c1-20-26-28(37)33(13-7-8-21(18-33)30(38)35(2)3)32(39)36(31(26)44-27(20)29-34-14-17-42-29)19-25(43-22-11-15-41-16-12-22)23-9-5-6-10-24(23)40-4/h5-6,9-10,14,17,21-22,25H,7-8,11-13,15-16,18-19H2,1-4H3/t21?,25-,33?/m0/s1. The zero-order valence-electron chi connectivity index (χ0n) is 25.7. The number of carbonyl (C=O) groups is 3. The number of benzene rings is 1. The maximum atomic E-state index is 14.9. The van der Waals surface area contributed by atoms with Crippen molar-refractivity contribution in [2.75, 3.05) is 45.9 Å². The number of ketones is 1. The van der Waals surface area contributed by atoms with Gasteiger partial charge in [-0.3, -0.25) is 19.3 Å². The fraction of sp³-hybridized carbons (Fsp3) is 0.515. The lowest BCUT2D eigenvalue weighted by Gasteiger charge is -2.45. The normalized spacial score (nSPS) is 23.1. The number of anilines is 1. The van der Waals surface area contributed by atoms with Crippen molar-refractivity contribution in [3.8, 4) is 16.5 Å². The molecule has 2 unspecified atom stereocenters. The number of amides is 2. The average Bonchev–Trinajstić information content (AvgIpc) is 3.70. The number of thiophene rings is 1. The Hall–Kier alpha value is -3.54. The number of hydrogen-bond acceptors (Lipinski definition) is 9. The molecule has 2 aromatic heterocycles. The van der Waals surface area contributed by atoms with Crippen LogP contribution in [-0.2, 0) is 19.1 Å². The molecular formula is C33H39N3O7S. The number of ether oxygens (including phenoxy) is 3. The number of methoxy groups -OCH3 is 1. The number of nitrogens with zero attached hydrogens (tertiary/aromatic N) is 3. The summed E-state index contributed by atoms with van der Waals surface area (Å²) in [4.78, 5) is 51.0. The quantitative estimate of drug-likeness (QED) is 0.305. The van der Waals surface area contributed by atoms with E-state index in [2.05, 4.69) is 4.98 Å². The molecule has 2 amide bonds. The highest BCUT2D eigenvalue weighted by molar-refractivity contribution is 7.20. The van der Waals surface area contributed by atoms with Crippen LogP contribution in [0.5, 0.6) is 5.75 Å². The molecule has 3 aromatic rings. The Morgan fingerprint density at radius 1 is 1.20 bits per heavy atom. The molecule has 10 nitrogen and oxygen atoms in total. The molecule has 6 rings (SSSR count). The van der Waals surface area contributed by atoms with Gasteiger partial charge < -0.3 is 23.5 Å². The molecule has 234 valence electrons. The first kappa shape index (κ1) is 30.5. The van der Waals surface area contributed by atoms with Crippen LogP contribution in [-0.4, -0.2) is 74.5 Å². The van der Waals surface area contributed by atoms with Crippen LogP contribution in [0.25, 0.3) is 10.8 Å². The van der Waals surface area contributed by atoms with Gasteiger partial charge in [0.15, 0.2) is 5.78 Å². The molecule has 3 atom stereocenters. The molecule has 11 heteroatoms. The summed E-state index contributed by atoms with van der Waals surface area (Å²) >= 11 is 1.33. The number of para-hydroxylation sites is 1. The first-order valence-electron chi connectivity index (χ1n) is 15.2. The summed E-state index contributed by atoms with van der Waals surface area (Å²) in [6.07, 6.45) is 5.79. The average molecular weight is 622 g/mol. The highest BCUT2D eigenvalue weighted by Gasteiger charge is 2.57. The van der Waals surface area contributed by atoms with E-state index in [1.54, 1.807) is 37.2 Å². The molecule has 1 aromatic carbocycles. The molecule has 0 radical (unpaired) electrons. The third-order valence-electron chi connectivity index (χ3n) is 9.22. The van der Waals surface area contributed by atoms with Gasteiger partial charge in [0.05, 0.1) is 36.4 Å². The second-order valence-electron chi connectivity index (χ2n) is 12.1. The maximum Gasteiger partial charge on any atom is 0.241 e. The number of aromatic nitrogens is 1. The Balaban J connectivity index is 1.47. The summed E-state index contributed by atoms with van der Waals surface area (Å²) < 4.78 is 23.7. The van der Waals surface area contributed by atoms with Crippen LogP contribution in [0.3, 0.4) is 0 Å². The monoisotopic (exact) mass is 621 g/mol. The lowest BCUT2D eigenvalue weighted by atomic mass is 9.63. The van der Waals surface area contributed by atoms with E-state index in [4.69, 9.17) is 18.6 Å². The number of Topliss-reactive ketones (excluding diaryl/α,β-unsaturated/α-hetero) is 1. The highest BCUT2D eigenvalue weighted by atomic mass is 32.1. The SMILES string of the molecule is COc1ccccc1[C@H](CN1C(=O)C2(CCCC(C(=O)N(C)C)C2)C(=O)c2c1sc(-c1ncco1)c2C)OC1CCOCC1. The Kier molecular flexibility index (Phi) is 8.63. The van der Waals surface area contributed by atoms with Crippen LogP contribution < -0.4 is 9.64 Å². The van der Waals surface area contributed by atoms with E-state index >= 15 is 0 Å². The van der Waals surface area contributed by atoms with Gasteiger partial charge in [-0.15, -0.1) is 11.3 Å². The van der Waals surface area contributed by atoms with Gasteiger partial charge in [-0.1, -0.05) is 24.6 Å². The number of oxazole rings is 1. The summed E-state index contributed by atoms with van der Waals surface area (Å²) in [7, 11) is 5.06. The Morgan fingerprint density at radius 2 is 1.98 bits per heavy atom. The van der Waals surface area contributed by atoms with Crippen molar-refractivity contribution in [2.45, 2.75) is 57.7 Å². The Morgan fingerprint density at radius 3 is 2.68 bits per heavy atom. The largest absolute Gasteiger partial charge is 0.496 e. The van der Waals surface area contributed by atoms with Gasteiger partial charge >= 0.3 is 0 Å². The lowest BCUT2D eigenvalue weighted by molar-refractivity contribution is -0.138. The molecule has 0 N–H and O–H groups in total. The highest BCUT2D eigenvalue weighted by Crippen LogP contribution is 2.54. The third kappa shape index (κ3) is 5.35. The topological polar surface area (TPSA) is 111 Å². The van der Waals surface area contributed by atoms with E-state index in [1.165, 1.54) is 17.6 Å². The first-order valence-corrected chi connectivity index (χ1v) is 16.0. The Bertz CT molecular complexity index is 1530. The summed E-state index contributed by atoms with van der Waals surface area (Å²) in [5.74, 6) is 0.109. The van der Waals surface area contributed by atoms with Gasteiger partial charge in [-0.2, -0.15) is 0 Å². The van der Waals surface area contributed by atoms with Crippen molar-refractivity contribution in [3.63, 3.8) is 0 Å². The van der Waals surface area contributed by atoms with Gasteiger partial charge in [0.2, 0.25) is 17.7 Å². The maximum absolute atomic E-state index is 14.9. The fourth-order valence-electron chi connectivity index (χ4n) is 6.96. The molecule has 4 heterocycles. The van der Waals surface area contributed by atoms with E-state index in [0.717, 1.165) is 24.0 Å². The molecule has 2 fully saturated rings. The van der Waals surface area contributed by atoms with Gasteiger partial charge in [0, 0.05) is 38.8 Å². The van der Waals surface area contributed by atoms with Crippen molar-refractivity contribution in [1.29, 1.82) is 0 Å². The van der Waals surface area contributed by atoms with E-state index in [9.17, 15) is 14.4 Å². The van der Waals surface area contributed by atoms with Crippen molar-refractivity contribution in [3.05, 3.63) is 53.4 Å². The fourth-order valence-corrected chi connectivity index (χ4v) is 8.21. The van der Waals surface area contributed by atoms with Crippen LogP contribution in [0.2, 0.25) is 0 Å². The van der Waals surface area contributed by atoms with E-state index in [1.807, 2.05) is 31.2 Å². The van der Waals surface area contributed by atoms with Crippen molar-refractivity contribution >= 4 is 33.9 Å². The molecule has 1 spiro atoms. The van der Waals surface area contributed by atoms with Crippen LogP contribution in [0.1, 0.15) is 66.1 Å². The summed E-state index contributed by atoms with van der Waals surface area (Å²) in [5.41, 5.74) is 0.720. The van der Waals surface area contributed by atoms with E-state index < -0.39 is 17.4 Å². The minimum absolute atomic E-state index is 0.0562. The van der Waals surface area contributed by atoms with Crippen molar-refractivity contribution in [1.82, 2.24) is 9.88 Å². The lowest BCUT2D eigenvalue weighted by Crippen LogP contribution is -2.56. The number of rotatable bonds is 8. The summed E-state index contributed by atoms with van der Waals surface area (Å²) in [5, 5.41) is 0.563. The minimum atomic E-state index is -1.34. The molecule has 1 aliphatic carbocycles. The van der Waals surface area contributed by atoms with Gasteiger partial charge in [0.25, 0.3) is 0 Å². The molecule has 2 aliphatic heterocycles. The zero-order valence-corrected chi connectivity index (χ0v) is 26.5. The first-order chi connectivity index (χ1) is 21.2. The zero-order chi connectivity index (χ0) is 31.0. The second-order valence-corrected chi connectivity index (χ2v) is 13.1.